The number of nitrogens with zero attached hydrogens (tertiary/aromatic N) is 6. The van der Waals surface area contributed by atoms with Crippen LogP contribution in [0, 0.1) is 0 Å². The standard InChI is InChI=1S/C16H22N6O2/c1-20(2)16-18-8-11(9-19-16)14-17-5-6-22(14)12-7-13(15(23)24-4)21(3)10-12/h5-6,8-9,12-13H,7,10H2,1-4H3/t12-,13+/m1/s1. The Bertz CT molecular complexity index is 712. The summed E-state index contributed by atoms with van der Waals surface area (Å²) in [7, 11) is 7.16. The van der Waals surface area contributed by atoms with Crippen LogP contribution in [0.4, 0.5) is 5.95 Å². The first-order valence-electron chi connectivity index (χ1n) is 7.82. The summed E-state index contributed by atoms with van der Waals surface area (Å²) >= 11 is 0. The van der Waals surface area contributed by atoms with E-state index in [1.54, 1.807) is 18.6 Å². The molecule has 0 N–H and O–H groups in total. The number of aromatic nitrogens is 4. The van der Waals surface area contributed by atoms with Crippen LogP contribution in [0.25, 0.3) is 11.4 Å². The molecule has 1 saturated heterocycles. The molecule has 0 radical (unpaired) electrons. The third-order valence-electron chi connectivity index (χ3n) is 4.36. The molecule has 24 heavy (non-hydrogen) atoms. The molecular weight excluding hydrogens is 308 g/mol. The van der Waals surface area contributed by atoms with E-state index >= 15 is 0 Å². The second-order valence-electron chi connectivity index (χ2n) is 6.19. The molecule has 2 aromatic rings. The van der Waals surface area contributed by atoms with Crippen molar-refractivity contribution < 1.29 is 9.53 Å². The SMILES string of the molecule is COC(=O)[C@@H]1C[C@@H](n2ccnc2-c2cnc(N(C)C)nc2)CN1C. The van der Waals surface area contributed by atoms with Gasteiger partial charge in [-0.25, -0.2) is 15.0 Å². The first kappa shape index (κ1) is 16.4. The van der Waals surface area contributed by atoms with Gasteiger partial charge in [0.05, 0.1) is 12.7 Å². The van der Waals surface area contributed by atoms with Gasteiger partial charge in [0.15, 0.2) is 0 Å². The zero-order valence-corrected chi connectivity index (χ0v) is 14.4. The third kappa shape index (κ3) is 2.96. The maximum Gasteiger partial charge on any atom is 0.323 e. The Morgan fingerprint density at radius 1 is 1.29 bits per heavy atom. The number of likely N-dealkylation sites (tertiary alicyclic amines) is 1. The lowest BCUT2D eigenvalue weighted by atomic mass is 10.1. The number of hydrogen-bond donors (Lipinski definition) is 0. The number of imidazole rings is 1. The molecule has 3 heterocycles. The van der Waals surface area contributed by atoms with Crippen LogP contribution in [-0.2, 0) is 9.53 Å². The van der Waals surface area contributed by atoms with Crippen molar-refractivity contribution in [3.8, 4) is 11.4 Å². The topological polar surface area (TPSA) is 76.4 Å². The highest BCUT2D eigenvalue weighted by Gasteiger charge is 2.36. The Labute approximate surface area is 141 Å². The number of anilines is 1. The van der Waals surface area contributed by atoms with Gasteiger partial charge in [-0.05, 0) is 13.5 Å². The van der Waals surface area contributed by atoms with Crippen molar-refractivity contribution in [1.82, 2.24) is 24.4 Å². The fourth-order valence-corrected chi connectivity index (χ4v) is 3.08. The van der Waals surface area contributed by atoms with Crippen LogP contribution in [0.5, 0.6) is 0 Å². The molecule has 1 fully saturated rings. The number of rotatable bonds is 4. The molecule has 0 amide bonds. The molecule has 1 aliphatic rings. The van der Waals surface area contributed by atoms with Gasteiger partial charge in [0, 0.05) is 51.5 Å². The lowest BCUT2D eigenvalue weighted by Crippen LogP contribution is -2.33. The minimum absolute atomic E-state index is 0.158. The number of hydrogen-bond acceptors (Lipinski definition) is 7. The Kier molecular flexibility index (Phi) is 4.48. The lowest BCUT2D eigenvalue weighted by molar-refractivity contribution is -0.145. The van der Waals surface area contributed by atoms with Gasteiger partial charge < -0.3 is 14.2 Å². The van der Waals surface area contributed by atoms with E-state index in [1.807, 2.05) is 37.1 Å². The molecule has 128 valence electrons. The van der Waals surface area contributed by atoms with E-state index in [4.69, 9.17) is 4.74 Å². The average Bonchev–Trinajstić information content (AvgIpc) is 3.20. The van der Waals surface area contributed by atoms with Crippen molar-refractivity contribution in [2.75, 3.05) is 39.7 Å². The summed E-state index contributed by atoms with van der Waals surface area (Å²) in [6, 6.07) is -0.0623. The van der Waals surface area contributed by atoms with Crippen molar-refractivity contribution in [3.05, 3.63) is 24.8 Å². The van der Waals surface area contributed by atoms with Crippen molar-refractivity contribution >= 4 is 11.9 Å². The summed E-state index contributed by atoms with van der Waals surface area (Å²) in [6.45, 7) is 0.764. The van der Waals surface area contributed by atoms with Gasteiger partial charge >= 0.3 is 5.97 Å². The molecule has 0 saturated carbocycles. The molecule has 1 aliphatic heterocycles. The summed E-state index contributed by atoms with van der Waals surface area (Å²) in [4.78, 5) is 28.9. The van der Waals surface area contributed by atoms with Gasteiger partial charge in [-0.2, -0.15) is 0 Å². The second kappa shape index (κ2) is 6.56. The van der Waals surface area contributed by atoms with Gasteiger partial charge in [-0.1, -0.05) is 0 Å². The minimum atomic E-state index is -0.220. The van der Waals surface area contributed by atoms with Crippen LogP contribution in [0.3, 0.4) is 0 Å². The number of esters is 1. The molecule has 2 atom stereocenters. The van der Waals surface area contributed by atoms with Crippen LogP contribution >= 0.6 is 0 Å². The Hall–Kier alpha value is -2.48. The van der Waals surface area contributed by atoms with E-state index in [2.05, 4.69) is 19.5 Å². The average molecular weight is 330 g/mol. The summed E-state index contributed by atoms with van der Waals surface area (Å²) in [5, 5.41) is 0. The quantitative estimate of drug-likeness (QED) is 0.768. The molecule has 0 spiro atoms. The summed E-state index contributed by atoms with van der Waals surface area (Å²) in [5.74, 6) is 1.27. The molecule has 0 aromatic carbocycles. The zero-order valence-electron chi connectivity index (χ0n) is 14.4. The predicted molar refractivity (Wildman–Crippen MR) is 89.7 cm³/mol. The molecule has 2 aromatic heterocycles. The first-order valence-corrected chi connectivity index (χ1v) is 7.82. The van der Waals surface area contributed by atoms with Crippen LogP contribution in [0.15, 0.2) is 24.8 Å². The van der Waals surface area contributed by atoms with Crippen LogP contribution in [-0.4, -0.2) is 71.2 Å². The van der Waals surface area contributed by atoms with E-state index in [-0.39, 0.29) is 18.1 Å². The van der Waals surface area contributed by atoms with E-state index in [0.29, 0.717) is 12.4 Å². The Morgan fingerprint density at radius 2 is 2.00 bits per heavy atom. The number of methoxy groups -OCH3 is 1. The van der Waals surface area contributed by atoms with Crippen molar-refractivity contribution in [3.63, 3.8) is 0 Å². The minimum Gasteiger partial charge on any atom is -0.468 e. The molecule has 8 nitrogen and oxygen atoms in total. The monoisotopic (exact) mass is 330 g/mol. The van der Waals surface area contributed by atoms with Crippen molar-refractivity contribution in [1.29, 1.82) is 0 Å². The van der Waals surface area contributed by atoms with Crippen LogP contribution in [0.1, 0.15) is 12.5 Å². The highest BCUT2D eigenvalue weighted by molar-refractivity contribution is 5.76. The molecule has 0 unspecified atom stereocenters. The number of ether oxygens (including phenoxy) is 1. The molecule has 8 heteroatoms. The number of carbonyl (C=O) groups is 1. The zero-order chi connectivity index (χ0) is 17.3. The van der Waals surface area contributed by atoms with Gasteiger partial charge in [-0.3, -0.25) is 9.69 Å². The van der Waals surface area contributed by atoms with Gasteiger partial charge in [0.1, 0.15) is 11.9 Å². The van der Waals surface area contributed by atoms with Gasteiger partial charge in [-0.15, -0.1) is 0 Å². The summed E-state index contributed by atoms with van der Waals surface area (Å²) < 4.78 is 6.98. The predicted octanol–water partition coefficient (Wildman–Crippen LogP) is 0.824. The largest absolute Gasteiger partial charge is 0.468 e. The third-order valence-corrected chi connectivity index (χ3v) is 4.36. The highest BCUT2D eigenvalue weighted by atomic mass is 16.5. The van der Waals surface area contributed by atoms with E-state index in [9.17, 15) is 4.79 Å². The van der Waals surface area contributed by atoms with E-state index in [0.717, 1.165) is 17.9 Å². The number of likely N-dealkylation sites (N-methyl/N-ethyl adjacent to an activating group) is 1. The van der Waals surface area contributed by atoms with Crippen molar-refractivity contribution in [2.24, 2.45) is 0 Å². The summed E-state index contributed by atoms with van der Waals surface area (Å²) in [6.07, 6.45) is 7.95. The smallest absolute Gasteiger partial charge is 0.323 e. The number of carbonyl (C=O) groups excluding carboxylic acids is 1. The van der Waals surface area contributed by atoms with E-state index in [1.165, 1.54) is 7.11 Å². The van der Waals surface area contributed by atoms with Gasteiger partial charge in [0.25, 0.3) is 0 Å². The molecule has 3 rings (SSSR count). The maximum atomic E-state index is 11.9. The lowest BCUT2D eigenvalue weighted by Gasteiger charge is -2.16. The summed E-state index contributed by atoms with van der Waals surface area (Å²) in [5.41, 5.74) is 0.856. The Balaban J connectivity index is 1.85. The molecule has 0 bridgehead atoms. The van der Waals surface area contributed by atoms with Crippen LogP contribution < -0.4 is 4.90 Å². The fraction of sp³-hybridized carbons (Fsp3) is 0.500. The fourth-order valence-electron chi connectivity index (χ4n) is 3.08. The maximum absolute atomic E-state index is 11.9. The Morgan fingerprint density at radius 3 is 2.62 bits per heavy atom. The first-order chi connectivity index (χ1) is 11.5. The van der Waals surface area contributed by atoms with Crippen LogP contribution in [0.2, 0.25) is 0 Å². The molecule has 0 aliphatic carbocycles. The highest BCUT2D eigenvalue weighted by Crippen LogP contribution is 2.30. The van der Waals surface area contributed by atoms with Crippen molar-refractivity contribution in [2.45, 2.75) is 18.5 Å². The second-order valence-corrected chi connectivity index (χ2v) is 6.19. The normalized spacial score (nSPS) is 21.0. The van der Waals surface area contributed by atoms with E-state index < -0.39 is 0 Å². The molecular formula is C16H22N6O2. The van der Waals surface area contributed by atoms with Gasteiger partial charge in [0.2, 0.25) is 5.95 Å².